The molecule has 0 saturated heterocycles. The Labute approximate surface area is 86.1 Å². The molecule has 0 unspecified atom stereocenters. The van der Waals surface area contributed by atoms with Gasteiger partial charge in [-0.1, -0.05) is 6.92 Å². The highest BCUT2D eigenvalue weighted by atomic mass is 16.1. The Morgan fingerprint density at radius 3 is 2.50 bits per heavy atom. The first-order chi connectivity index (χ1) is 6.61. The summed E-state index contributed by atoms with van der Waals surface area (Å²) in [5.41, 5.74) is 7.76. The number of Topliss-reactive ketones (excluding diaryl/α,β-unsaturated/α-hetero) is 1. The molecule has 0 aliphatic rings. The maximum Gasteiger partial charge on any atom is 0.129 e. The van der Waals surface area contributed by atoms with E-state index in [2.05, 4.69) is 4.99 Å². The Morgan fingerprint density at radius 2 is 2.07 bits per heavy atom. The van der Waals surface area contributed by atoms with Gasteiger partial charge in [-0.25, -0.2) is 0 Å². The number of allylic oxidation sites excluding steroid dienone is 2. The molecule has 0 aromatic heterocycles. The van der Waals surface area contributed by atoms with Gasteiger partial charge in [0.25, 0.3) is 0 Å². The van der Waals surface area contributed by atoms with E-state index in [9.17, 15) is 4.79 Å². The first-order valence-corrected chi connectivity index (χ1v) is 5.00. The Kier molecular flexibility index (Phi) is 6.72. The summed E-state index contributed by atoms with van der Waals surface area (Å²) >= 11 is 0. The van der Waals surface area contributed by atoms with Crippen LogP contribution in [0.1, 0.15) is 39.5 Å². The molecule has 0 saturated carbocycles. The van der Waals surface area contributed by atoms with Crippen LogP contribution < -0.4 is 5.73 Å². The monoisotopic (exact) mass is 196 g/mol. The molecule has 0 heterocycles. The fourth-order valence-corrected chi connectivity index (χ4v) is 1.22. The molecule has 3 heteroatoms. The zero-order valence-electron chi connectivity index (χ0n) is 9.34. The normalized spacial score (nSPS) is 13.1. The number of hydrogen-bond donors (Lipinski definition) is 1. The number of nitrogens with two attached hydrogens (primary N) is 1. The first kappa shape index (κ1) is 12.9. The summed E-state index contributed by atoms with van der Waals surface area (Å²) < 4.78 is 0. The van der Waals surface area contributed by atoms with Crippen LogP contribution in [-0.4, -0.2) is 19.0 Å². The predicted molar refractivity (Wildman–Crippen MR) is 60.5 cm³/mol. The van der Waals surface area contributed by atoms with Crippen LogP contribution in [0.4, 0.5) is 0 Å². The topological polar surface area (TPSA) is 55.4 Å². The standard InChI is InChI=1S/C11H20N2O/c1-4-11(12)10(8-13-3)7-5-6-9(2)14/h8H,4-7,12H2,1-3H3. The van der Waals surface area contributed by atoms with Gasteiger partial charge in [0.15, 0.2) is 0 Å². The van der Waals surface area contributed by atoms with E-state index >= 15 is 0 Å². The number of carbonyl (C=O) groups is 1. The van der Waals surface area contributed by atoms with Crippen molar-refractivity contribution in [2.45, 2.75) is 39.5 Å². The van der Waals surface area contributed by atoms with E-state index in [1.807, 2.05) is 6.92 Å². The highest BCUT2D eigenvalue weighted by Gasteiger charge is 2.00. The second-order valence-corrected chi connectivity index (χ2v) is 3.35. The van der Waals surface area contributed by atoms with Gasteiger partial charge >= 0.3 is 0 Å². The van der Waals surface area contributed by atoms with Crippen molar-refractivity contribution in [3.63, 3.8) is 0 Å². The van der Waals surface area contributed by atoms with Gasteiger partial charge in [-0.15, -0.1) is 0 Å². The molecule has 0 atom stereocenters. The minimum Gasteiger partial charge on any atom is -0.402 e. The van der Waals surface area contributed by atoms with Gasteiger partial charge in [-0.3, -0.25) is 4.99 Å². The maximum atomic E-state index is 10.7. The van der Waals surface area contributed by atoms with E-state index in [4.69, 9.17) is 5.73 Å². The van der Waals surface area contributed by atoms with E-state index < -0.39 is 0 Å². The van der Waals surface area contributed by atoms with Crippen molar-refractivity contribution in [2.24, 2.45) is 10.7 Å². The summed E-state index contributed by atoms with van der Waals surface area (Å²) in [6.07, 6.45) is 4.95. The van der Waals surface area contributed by atoms with Crippen molar-refractivity contribution in [1.29, 1.82) is 0 Å². The van der Waals surface area contributed by atoms with Crippen LogP contribution in [-0.2, 0) is 4.79 Å². The van der Waals surface area contributed by atoms with Crippen molar-refractivity contribution >= 4 is 12.0 Å². The number of aliphatic imine (C=N–C) groups is 1. The molecule has 0 spiro atoms. The van der Waals surface area contributed by atoms with Crippen molar-refractivity contribution in [1.82, 2.24) is 0 Å². The number of ketones is 1. The third-order valence-electron chi connectivity index (χ3n) is 2.05. The quantitative estimate of drug-likeness (QED) is 0.661. The zero-order chi connectivity index (χ0) is 11.0. The van der Waals surface area contributed by atoms with Crippen molar-refractivity contribution < 1.29 is 4.79 Å². The molecule has 0 bridgehead atoms. The summed E-state index contributed by atoms with van der Waals surface area (Å²) in [4.78, 5) is 14.7. The number of rotatable bonds is 6. The van der Waals surface area contributed by atoms with Crippen LogP contribution in [0.25, 0.3) is 0 Å². The Morgan fingerprint density at radius 1 is 1.43 bits per heavy atom. The molecule has 0 aliphatic carbocycles. The minimum absolute atomic E-state index is 0.229. The van der Waals surface area contributed by atoms with E-state index in [0.717, 1.165) is 30.5 Å². The average Bonchev–Trinajstić information content (AvgIpc) is 2.15. The molecular formula is C11H20N2O. The molecule has 0 radical (unpaired) electrons. The highest BCUT2D eigenvalue weighted by molar-refractivity contribution is 5.79. The van der Waals surface area contributed by atoms with Gasteiger partial charge in [-0.2, -0.15) is 0 Å². The summed E-state index contributed by atoms with van der Waals surface area (Å²) in [5, 5.41) is 0. The van der Waals surface area contributed by atoms with E-state index in [1.165, 1.54) is 0 Å². The Balaban J connectivity index is 4.18. The first-order valence-electron chi connectivity index (χ1n) is 5.00. The molecule has 0 aromatic rings. The average molecular weight is 196 g/mol. The third kappa shape index (κ3) is 5.51. The van der Waals surface area contributed by atoms with Gasteiger partial charge in [0.1, 0.15) is 5.78 Å². The SMILES string of the molecule is CCC(N)=C(C=NC)CCCC(C)=O. The van der Waals surface area contributed by atoms with Crippen molar-refractivity contribution in [3.05, 3.63) is 11.3 Å². The van der Waals surface area contributed by atoms with Gasteiger partial charge in [-0.05, 0) is 31.8 Å². The second-order valence-electron chi connectivity index (χ2n) is 3.35. The predicted octanol–water partition coefficient (Wildman–Crippen LogP) is 2.07. The van der Waals surface area contributed by atoms with Crippen LogP contribution in [0.3, 0.4) is 0 Å². The fourth-order valence-electron chi connectivity index (χ4n) is 1.22. The van der Waals surface area contributed by atoms with Crippen molar-refractivity contribution in [3.8, 4) is 0 Å². The third-order valence-corrected chi connectivity index (χ3v) is 2.05. The minimum atomic E-state index is 0.229. The van der Waals surface area contributed by atoms with Gasteiger partial charge in [0.2, 0.25) is 0 Å². The molecule has 0 rings (SSSR count). The lowest BCUT2D eigenvalue weighted by Gasteiger charge is -2.05. The molecule has 3 nitrogen and oxygen atoms in total. The number of hydrogen-bond acceptors (Lipinski definition) is 3. The summed E-state index contributed by atoms with van der Waals surface area (Å²) in [5.74, 6) is 0.229. The molecule has 0 aromatic carbocycles. The van der Waals surface area contributed by atoms with Crippen LogP contribution in [0.15, 0.2) is 16.3 Å². The van der Waals surface area contributed by atoms with E-state index in [0.29, 0.717) is 6.42 Å². The molecule has 80 valence electrons. The largest absolute Gasteiger partial charge is 0.402 e. The second kappa shape index (κ2) is 7.30. The van der Waals surface area contributed by atoms with Crippen molar-refractivity contribution in [2.75, 3.05) is 7.05 Å². The number of carbonyl (C=O) groups excluding carboxylic acids is 1. The van der Waals surface area contributed by atoms with Crippen LogP contribution >= 0.6 is 0 Å². The highest BCUT2D eigenvalue weighted by Crippen LogP contribution is 2.10. The van der Waals surface area contributed by atoms with Gasteiger partial charge in [0, 0.05) is 25.4 Å². The molecule has 14 heavy (non-hydrogen) atoms. The lowest BCUT2D eigenvalue weighted by atomic mass is 10.1. The van der Waals surface area contributed by atoms with Gasteiger partial charge < -0.3 is 10.5 Å². The zero-order valence-corrected chi connectivity index (χ0v) is 9.34. The lowest BCUT2D eigenvalue weighted by Crippen LogP contribution is -2.03. The molecular weight excluding hydrogens is 176 g/mol. The summed E-state index contributed by atoms with van der Waals surface area (Å²) in [6.45, 7) is 3.63. The molecule has 0 fully saturated rings. The van der Waals surface area contributed by atoms with E-state index in [1.54, 1.807) is 20.2 Å². The Bertz CT molecular complexity index is 242. The lowest BCUT2D eigenvalue weighted by molar-refractivity contribution is -0.117. The number of nitrogens with zero attached hydrogens (tertiary/aromatic N) is 1. The fraction of sp³-hybridized carbons (Fsp3) is 0.636. The maximum absolute atomic E-state index is 10.7. The molecule has 2 N–H and O–H groups in total. The molecule has 0 amide bonds. The summed E-state index contributed by atoms with van der Waals surface area (Å²) in [7, 11) is 1.73. The van der Waals surface area contributed by atoms with E-state index in [-0.39, 0.29) is 5.78 Å². The van der Waals surface area contributed by atoms with Crippen LogP contribution in [0.2, 0.25) is 0 Å². The Hall–Kier alpha value is -1.12. The summed E-state index contributed by atoms with van der Waals surface area (Å²) in [6, 6.07) is 0. The van der Waals surface area contributed by atoms with Crippen LogP contribution in [0, 0.1) is 0 Å². The van der Waals surface area contributed by atoms with Gasteiger partial charge in [0.05, 0.1) is 0 Å². The molecule has 0 aliphatic heterocycles. The van der Waals surface area contributed by atoms with Crippen LogP contribution in [0.5, 0.6) is 0 Å². The smallest absolute Gasteiger partial charge is 0.129 e.